The monoisotopic (exact) mass is 257 g/mol. The van der Waals surface area contributed by atoms with Gasteiger partial charge in [0.25, 0.3) is 0 Å². The minimum atomic E-state index is 0.258. The number of nitrogens with two attached hydrogens (primary N) is 1. The van der Waals surface area contributed by atoms with Gasteiger partial charge in [-0.05, 0) is 38.1 Å². The Morgan fingerprint density at radius 2 is 2.16 bits per heavy atom. The van der Waals surface area contributed by atoms with Crippen molar-refractivity contribution in [2.45, 2.75) is 26.0 Å². The maximum atomic E-state index is 5.83. The number of pyridine rings is 1. The molecule has 2 heterocycles. The molecule has 1 aromatic heterocycles. The number of rotatable bonds is 1. The van der Waals surface area contributed by atoms with E-state index in [2.05, 4.69) is 35.9 Å². The van der Waals surface area contributed by atoms with E-state index in [1.54, 1.807) is 0 Å². The summed E-state index contributed by atoms with van der Waals surface area (Å²) in [5.74, 6) is 0. The van der Waals surface area contributed by atoms with E-state index in [-0.39, 0.29) is 6.10 Å². The molecular weight excluding hydrogens is 238 g/mol. The molecule has 0 spiro atoms. The second-order valence-electron chi connectivity index (χ2n) is 5.25. The van der Waals surface area contributed by atoms with Crippen LogP contribution in [0.4, 0.5) is 11.4 Å². The normalized spacial score (nSPS) is 23.8. The number of ether oxygens (including phenoxy) is 1. The van der Waals surface area contributed by atoms with Gasteiger partial charge in [0.15, 0.2) is 0 Å². The lowest BCUT2D eigenvalue weighted by Crippen LogP contribution is -2.47. The molecule has 0 bridgehead atoms. The fraction of sp³-hybridized carbons (Fsp3) is 0.400. The van der Waals surface area contributed by atoms with Gasteiger partial charge in [0.2, 0.25) is 0 Å². The van der Waals surface area contributed by atoms with Crippen LogP contribution in [0.3, 0.4) is 0 Å². The number of hydrogen-bond acceptors (Lipinski definition) is 4. The Morgan fingerprint density at radius 1 is 1.32 bits per heavy atom. The smallest absolute Gasteiger partial charge is 0.0743 e. The van der Waals surface area contributed by atoms with Crippen molar-refractivity contribution in [2.24, 2.45) is 0 Å². The van der Waals surface area contributed by atoms with E-state index < -0.39 is 0 Å². The molecule has 2 unspecified atom stereocenters. The minimum Gasteiger partial charge on any atom is -0.399 e. The molecule has 1 saturated heterocycles. The fourth-order valence-electron chi connectivity index (χ4n) is 2.64. The number of morpholine rings is 1. The van der Waals surface area contributed by atoms with Crippen LogP contribution in [0.5, 0.6) is 0 Å². The van der Waals surface area contributed by atoms with Crippen molar-refractivity contribution in [3.05, 3.63) is 30.5 Å². The Hall–Kier alpha value is -1.81. The molecule has 1 aliphatic rings. The number of hydrogen-bond donors (Lipinski definition) is 1. The summed E-state index contributed by atoms with van der Waals surface area (Å²) >= 11 is 0. The van der Waals surface area contributed by atoms with E-state index in [0.29, 0.717) is 6.04 Å². The molecule has 1 fully saturated rings. The highest BCUT2D eigenvalue weighted by molar-refractivity contribution is 5.93. The second kappa shape index (κ2) is 4.70. The summed E-state index contributed by atoms with van der Waals surface area (Å²) in [7, 11) is 0. The zero-order valence-electron chi connectivity index (χ0n) is 11.3. The average molecular weight is 257 g/mol. The first-order valence-corrected chi connectivity index (χ1v) is 6.67. The minimum absolute atomic E-state index is 0.258. The zero-order valence-corrected chi connectivity index (χ0v) is 11.3. The molecule has 100 valence electrons. The number of benzene rings is 1. The maximum Gasteiger partial charge on any atom is 0.0743 e. The Kier molecular flexibility index (Phi) is 3.03. The van der Waals surface area contributed by atoms with Gasteiger partial charge in [-0.2, -0.15) is 0 Å². The van der Waals surface area contributed by atoms with Crippen LogP contribution in [0.25, 0.3) is 10.9 Å². The molecule has 0 aliphatic carbocycles. The summed E-state index contributed by atoms with van der Waals surface area (Å²) in [6.45, 7) is 5.97. The van der Waals surface area contributed by atoms with E-state index in [9.17, 15) is 0 Å². The molecule has 4 nitrogen and oxygen atoms in total. The molecule has 2 aromatic rings. The van der Waals surface area contributed by atoms with Crippen molar-refractivity contribution in [3.63, 3.8) is 0 Å². The van der Waals surface area contributed by atoms with Crippen LogP contribution >= 0.6 is 0 Å². The molecule has 1 aliphatic heterocycles. The Bertz CT molecular complexity index is 599. The van der Waals surface area contributed by atoms with Crippen LogP contribution in [0.2, 0.25) is 0 Å². The van der Waals surface area contributed by atoms with Crippen LogP contribution in [0.15, 0.2) is 30.5 Å². The number of aromatic nitrogens is 1. The van der Waals surface area contributed by atoms with Crippen molar-refractivity contribution in [1.82, 2.24) is 4.98 Å². The molecule has 19 heavy (non-hydrogen) atoms. The number of nitrogen functional groups attached to an aromatic ring is 1. The van der Waals surface area contributed by atoms with Crippen LogP contribution in [-0.4, -0.2) is 30.3 Å². The lowest BCUT2D eigenvalue weighted by Gasteiger charge is -2.39. The summed E-state index contributed by atoms with van der Waals surface area (Å²) in [6.07, 6.45) is 2.11. The number of fused-ring (bicyclic) bond motifs is 1. The van der Waals surface area contributed by atoms with E-state index in [1.807, 2.05) is 18.3 Å². The predicted octanol–water partition coefficient (Wildman–Crippen LogP) is 2.43. The van der Waals surface area contributed by atoms with Gasteiger partial charge in [0.1, 0.15) is 0 Å². The summed E-state index contributed by atoms with van der Waals surface area (Å²) in [6, 6.07) is 8.36. The third-order valence-electron chi connectivity index (χ3n) is 3.66. The lowest BCUT2D eigenvalue weighted by atomic mass is 10.1. The first-order valence-electron chi connectivity index (χ1n) is 6.67. The Labute approximate surface area is 113 Å². The molecule has 3 rings (SSSR count). The highest BCUT2D eigenvalue weighted by Gasteiger charge is 2.24. The van der Waals surface area contributed by atoms with Crippen LogP contribution in [0.1, 0.15) is 13.8 Å². The standard InChI is InChI=1S/C15H19N3O/c1-10-9-19-11(2)8-18(10)15-5-6-17-14-7-12(16)3-4-13(14)15/h3-7,10-11H,8-9,16H2,1-2H3. The van der Waals surface area contributed by atoms with Gasteiger partial charge >= 0.3 is 0 Å². The Morgan fingerprint density at radius 3 is 3.00 bits per heavy atom. The molecule has 4 heteroatoms. The lowest BCUT2D eigenvalue weighted by molar-refractivity contribution is 0.0345. The maximum absolute atomic E-state index is 5.83. The van der Waals surface area contributed by atoms with E-state index in [1.165, 1.54) is 5.69 Å². The van der Waals surface area contributed by atoms with Crippen molar-refractivity contribution >= 4 is 22.3 Å². The summed E-state index contributed by atoms with van der Waals surface area (Å²) in [5, 5.41) is 1.15. The number of nitrogens with zero attached hydrogens (tertiary/aromatic N) is 2. The van der Waals surface area contributed by atoms with Crippen molar-refractivity contribution in [2.75, 3.05) is 23.8 Å². The summed E-state index contributed by atoms with van der Waals surface area (Å²) in [4.78, 5) is 6.80. The van der Waals surface area contributed by atoms with E-state index in [0.717, 1.165) is 29.7 Å². The van der Waals surface area contributed by atoms with Crippen molar-refractivity contribution in [1.29, 1.82) is 0 Å². The Balaban J connectivity index is 2.09. The first-order chi connectivity index (χ1) is 9.15. The van der Waals surface area contributed by atoms with Gasteiger partial charge in [0.05, 0.1) is 18.2 Å². The van der Waals surface area contributed by atoms with Gasteiger partial charge in [-0.25, -0.2) is 0 Å². The van der Waals surface area contributed by atoms with Crippen molar-refractivity contribution < 1.29 is 4.74 Å². The van der Waals surface area contributed by atoms with Gasteiger partial charge < -0.3 is 15.4 Å². The topological polar surface area (TPSA) is 51.4 Å². The largest absolute Gasteiger partial charge is 0.399 e. The van der Waals surface area contributed by atoms with Crippen LogP contribution in [-0.2, 0) is 4.74 Å². The molecular formula is C15H19N3O. The third-order valence-corrected chi connectivity index (χ3v) is 3.66. The van der Waals surface area contributed by atoms with Gasteiger partial charge in [-0.3, -0.25) is 4.98 Å². The summed E-state index contributed by atoms with van der Waals surface area (Å²) in [5.41, 5.74) is 8.74. The van der Waals surface area contributed by atoms with Gasteiger partial charge in [-0.15, -0.1) is 0 Å². The zero-order chi connectivity index (χ0) is 13.4. The highest BCUT2D eigenvalue weighted by atomic mass is 16.5. The quantitative estimate of drug-likeness (QED) is 0.797. The second-order valence-corrected chi connectivity index (χ2v) is 5.25. The van der Waals surface area contributed by atoms with Gasteiger partial charge in [0, 0.05) is 35.5 Å². The molecule has 0 amide bonds. The predicted molar refractivity (Wildman–Crippen MR) is 78.4 cm³/mol. The number of anilines is 2. The van der Waals surface area contributed by atoms with E-state index >= 15 is 0 Å². The third kappa shape index (κ3) is 2.24. The molecule has 2 atom stereocenters. The molecule has 0 radical (unpaired) electrons. The highest BCUT2D eigenvalue weighted by Crippen LogP contribution is 2.29. The summed E-state index contributed by atoms with van der Waals surface area (Å²) < 4.78 is 5.70. The average Bonchev–Trinajstić information content (AvgIpc) is 2.40. The molecule has 1 aromatic carbocycles. The SMILES string of the molecule is CC1CN(c2ccnc3cc(N)ccc23)C(C)CO1. The fourth-order valence-corrected chi connectivity index (χ4v) is 2.64. The van der Waals surface area contributed by atoms with Crippen molar-refractivity contribution in [3.8, 4) is 0 Å². The van der Waals surface area contributed by atoms with E-state index in [4.69, 9.17) is 10.5 Å². The first kappa shape index (κ1) is 12.2. The van der Waals surface area contributed by atoms with Crippen LogP contribution < -0.4 is 10.6 Å². The molecule has 2 N–H and O–H groups in total. The van der Waals surface area contributed by atoms with Gasteiger partial charge in [-0.1, -0.05) is 0 Å². The molecule has 0 saturated carbocycles. The van der Waals surface area contributed by atoms with Crippen LogP contribution in [0, 0.1) is 0 Å².